The van der Waals surface area contributed by atoms with Crippen LogP contribution >= 0.6 is 0 Å². The van der Waals surface area contributed by atoms with E-state index in [0.29, 0.717) is 0 Å². The van der Waals surface area contributed by atoms with Gasteiger partial charge in [-0.2, -0.15) is 0 Å². The lowest BCUT2D eigenvalue weighted by atomic mass is 9.54. The van der Waals surface area contributed by atoms with Gasteiger partial charge in [-0.25, -0.2) is 0 Å². The van der Waals surface area contributed by atoms with Gasteiger partial charge in [0.05, 0.1) is 0 Å². The molecule has 0 aliphatic carbocycles. The zero-order valence-corrected chi connectivity index (χ0v) is 58.5. The molecular weight excluding hydrogens is 973 g/mol. The van der Waals surface area contributed by atoms with Crippen LogP contribution in [0.1, 0.15) is 254 Å². The van der Waals surface area contributed by atoms with Gasteiger partial charge in [0.2, 0.25) is 0 Å². The molecule has 0 unspecified atom stereocenters. The molecule has 0 bridgehead atoms. The highest BCUT2D eigenvalue weighted by molar-refractivity contribution is 5.77. The van der Waals surface area contributed by atoms with Gasteiger partial charge in [0.1, 0.15) is 0 Å². The van der Waals surface area contributed by atoms with Crippen molar-refractivity contribution in [3.8, 4) is 0 Å². The lowest BCUT2D eigenvalue weighted by molar-refractivity contribution is 0.601. The van der Waals surface area contributed by atoms with Crippen molar-refractivity contribution in [2.45, 2.75) is 265 Å². The zero-order chi connectivity index (χ0) is 61.7. The summed E-state index contributed by atoms with van der Waals surface area (Å²) in [7, 11) is 0. The topological polar surface area (TPSA) is 0 Å². The molecule has 0 saturated heterocycles. The Kier molecular flexibility index (Phi) is 16.4. The van der Waals surface area contributed by atoms with E-state index in [-0.39, 0.29) is 0 Å². The fraction of sp³-hybridized carbons (Fsp3) is 0.481. The van der Waals surface area contributed by atoms with Crippen LogP contribution in [0.5, 0.6) is 0 Å². The molecule has 0 fully saturated rings. The van der Waals surface area contributed by atoms with Crippen LogP contribution in [0.25, 0.3) is 0 Å². The minimum atomic E-state index is -0.624. The lowest BCUT2D eigenvalue weighted by Crippen LogP contribution is -2.40. The largest absolute Gasteiger partial charge is 0.0472 e. The van der Waals surface area contributed by atoms with Crippen LogP contribution in [-0.2, 0) is 16.2 Å². The zero-order valence-electron chi connectivity index (χ0n) is 58.5. The molecule has 0 amide bonds. The van der Waals surface area contributed by atoms with Crippen molar-refractivity contribution < 1.29 is 0 Å². The van der Waals surface area contributed by atoms with Crippen molar-refractivity contribution in [1.82, 2.24) is 0 Å². The average molecular weight is 1080 g/mol. The first-order valence-corrected chi connectivity index (χ1v) is 30.8. The number of rotatable bonds is 9. The minimum Gasteiger partial charge on any atom is -0.0472 e. The van der Waals surface area contributed by atoms with Crippen LogP contribution in [0.15, 0.2) is 0 Å². The van der Waals surface area contributed by atoms with E-state index in [1.165, 1.54) is 234 Å². The monoisotopic (exact) mass is 1080 g/mol. The number of benzene rings is 7. The van der Waals surface area contributed by atoms with Gasteiger partial charge >= 0.3 is 0 Å². The van der Waals surface area contributed by atoms with Gasteiger partial charge in [0.15, 0.2) is 0 Å². The summed E-state index contributed by atoms with van der Waals surface area (Å²) in [6.07, 6.45) is 0. The summed E-state index contributed by atoms with van der Waals surface area (Å²) in [5.41, 5.74) is 57.5. The molecule has 0 atom stereocenters. The van der Waals surface area contributed by atoms with Crippen LogP contribution in [0, 0.1) is 228 Å². The van der Waals surface area contributed by atoms with Crippen molar-refractivity contribution in [3.05, 3.63) is 234 Å². The molecule has 0 heteroatoms. The first-order valence-electron chi connectivity index (χ1n) is 30.8. The minimum absolute atomic E-state index is 0.624. The average Bonchev–Trinajstić information content (AvgIpc) is 3.40. The second-order valence-corrected chi connectivity index (χ2v) is 27.4. The van der Waals surface area contributed by atoms with E-state index in [1.807, 2.05) is 0 Å². The quantitative estimate of drug-likeness (QED) is 0.126. The Bertz CT molecular complexity index is 3090. The SMILES string of the molecule is Cc1c(C)c(C)c(C(C)(c2c(C)c(C)c(C)c(C)c2C)c2c(C)c(C(C)(c3c(C)c(C)c(C)c(C)c3C)c3c(C)c(C)c(C)c(C)c3C)c(C)c(C(C)(c3c(C)c(C)c(C)c(C)c3C)c3c(C)c(C)c(C)c(C)c3C)c2C)c(C)c1C. The highest BCUT2D eigenvalue weighted by Gasteiger charge is 2.50. The Balaban J connectivity index is 2.08. The molecule has 7 rings (SSSR count). The molecule has 0 aliphatic rings. The fourth-order valence-corrected chi connectivity index (χ4v) is 18.1. The maximum atomic E-state index is 2.69. The van der Waals surface area contributed by atoms with Crippen LogP contribution in [0.3, 0.4) is 0 Å². The van der Waals surface area contributed by atoms with Crippen molar-refractivity contribution in [3.63, 3.8) is 0 Å². The second kappa shape index (κ2) is 21.0. The highest BCUT2D eigenvalue weighted by atomic mass is 14.5. The van der Waals surface area contributed by atoms with E-state index in [0.717, 1.165) is 0 Å². The smallest absolute Gasteiger partial charge is 0.0439 e. The predicted molar refractivity (Wildman–Crippen MR) is 358 cm³/mol. The summed E-state index contributed by atoms with van der Waals surface area (Å²) < 4.78 is 0. The highest BCUT2D eigenvalue weighted by Crippen LogP contribution is 2.60. The molecule has 0 spiro atoms. The molecule has 0 saturated carbocycles. The molecule has 7 aromatic rings. The van der Waals surface area contributed by atoms with E-state index in [9.17, 15) is 0 Å². The van der Waals surface area contributed by atoms with E-state index >= 15 is 0 Å². The second-order valence-electron chi connectivity index (χ2n) is 27.4. The Morgan fingerprint density at radius 1 is 0.0988 bits per heavy atom. The summed E-state index contributed by atoms with van der Waals surface area (Å²) in [4.78, 5) is 0. The van der Waals surface area contributed by atoms with E-state index in [4.69, 9.17) is 0 Å². The van der Waals surface area contributed by atoms with Gasteiger partial charge in [0.25, 0.3) is 0 Å². The third-order valence-electron chi connectivity index (χ3n) is 24.8. The normalized spacial score (nSPS) is 12.4. The van der Waals surface area contributed by atoms with Crippen molar-refractivity contribution in [2.24, 2.45) is 0 Å². The number of hydrogen-bond donors (Lipinski definition) is 0. The van der Waals surface area contributed by atoms with Gasteiger partial charge < -0.3 is 0 Å². The van der Waals surface area contributed by atoms with Gasteiger partial charge in [-0.1, -0.05) is 0 Å². The third-order valence-corrected chi connectivity index (χ3v) is 24.8. The van der Waals surface area contributed by atoms with Crippen molar-refractivity contribution in [2.75, 3.05) is 0 Å². The van der Waals surface area contributed by atoms with Crippen LogP contribution in [0.4, 0.5) is 0 Å². The molecule has 7 aromatic carbocycles. The van der Waals surface area contributed by atoms with Gasteiger partial charge in [-0.05, 0) is 483 Å². The van der Waals surface area contributed by atoms with E-state index in [2.05, 4.69) is 249 Å². The van der Waals surface area contributed by atoms with E-state index < -0.39 is 16.2 Å². The van der Waals surface area contributed by atoms with Crippen LogP contribution < -0.4 is 0 Å². The molecule has 432 valence electrons. The molecule has 0 heterocycles. The van der Waals surface area contributed by atoms with E-state index in [1.54, 1.807) is 0 Å². The molecule has 0 radical (unpaired) electrons. The van der Waals surface area contributed by atoms with Crippen molar-refractivity contribution in [1.29, 1.82) is 0 Å². The summed E-state index contributed by atoms with van der Waals surface area (Å²) in [5, 5.41) is 0. The molecule has 0 aromatic heterocycles. The van der Waals surface area contributed by atoms with Crippen molar-refractivity contribution >= 4 is 0 Å². The summed E-state index contributed by atoms with van der Waals surface area (Å²) in [6, 6.07) is 0. The molecule has 0 N–H and O–H groups in total. The Morgan fingerprint density at radius 3 is 0.247 bits per heavy atom. The van der Waals surface area contributed by atoms with Gasteiger partial charge in [-0.15, -0.1) is 0 Å². The first kappa shape index (κ1) is 63.1. The van der Waals surface area contributed by atoms with Gasteiger partial charge in [-0.3, -0.25) is 0 Å². The third kappa shape index (κ3) is 8.37. The Morgan fingerprint density at radius 2 is 0.160 bits per heavy atom. The molecular formula is C81H108. The lowest BCUT2D eigenvalue weighted by Gasteiger charge is -2.48. The maximum Gasteiger partial charge on any atom is 0.0439 e. The van der Waals surface area contributed by atoms with Gasteiger partial charge in [0, 0.05) is 16.2 Å². The van der Waals surface area contributed by atoms with Crippen LogP contribution in [-0.4, -0.2) is 0 Å². The first-order chi connectivity index (χ1) is 37.2. The fourth-order valence-electron chi connectivity index (χ4n) is 18.1. The molecule has 0 nitrogen and oxygen atoms in total. The summed E-state index contributed by atoms with van der Waals surface area (Å²) in [5.74, 6) is 0. The predicted octanol–water partition coefficient (Wildman–Crippen LogP) is 21.9. The van der Waals surface area contributed by atoms with Crippen LogP contribution in [0.2, 0.25) is 0 Å². The standard InChI is InChI=1S/C81H108/c1-37-43(7)55(19)70(56(20)44(37)8)79(34,71-57(21)45(9)38(2)46(10)58(71)22)76-67(31)77(80(35,72-59(23)47(11)39(3)48(12)60(72)24)73-61(25)49(13)40(4)50(14)62(73)26)69(33)78(68(76)32)81(36,74-63(27)51(15)41(5)52(16)64(74)28)75-65(29)53(17)42(6)54(18)66(75)30/h1-36H3. The molecule has 0 aliphatic heterocycles. The molecule has 81 heavy (non-hydrogen) atoms. The maximum absolute atomic E-state index is 2.69. The Labute approximate surface area is 496 Å². The number of hydrogen-bond acceptors (Lipinski definition) is 0. The Hall–Kier alpha value is -5.46. The summed E-state index contributed by atoms with van der Waals surface area (Å²) in [6.45, 7) is 88.2. The summed E-state index contributed by atoms with van der Waals surface area (Å²) >= 11 is 0.